The molecule has 116 valence electrons. The smallest absolute Gasteiger partial charge is 0.378 e. The molecule has 0 spiro atoms. The van der Waals surface area contributed by atoms with Gasteiger partial charge in [0, 0.05) is 3.57 Å². The largest absolute Gasteiger partial charge is 0.507 e. The van der Waals surface area contributed by atoms with Gasteiger partial charge in [0.15, 0.2) is 6.10 Å². The summed E-state index contributed by atoms with van der Waals surface area (Å²) in [6, 6.07) is 3.99. The average molecular weight is 414 g/mol. The van der Waals surface area contributed by atoms with Crippen LogP contribution in [0.25, 0.3) is 0 Å². The van der Waals surface area contributed by atoms with E-state index < -0.39 is 35.6 Å². The molecule has 0 aromatic heterocycles. The maximum absolute atomic E-state index is 13.6. The first-order valence-corrected chi connectivity index (χ1v) is 6.96. The normalized spacial score (nSPS) is 13.0. The number of carboxylic acids is 1. The summed E-state index contributed by atoms with van der Waals surface area (Å²) in [4.78, 5) is 22.5. The van der Waals surface area contributed by atoms with E-state index in [4.69, 9.17) is 5.11 Å². The van der Waals surface area contributed by atoms with Crippen LogP contribution in [0, 0.1) is 9.49 Å². The Morgan fingerprint density at radius 1 is 1.33 bits per heavy atom. The number of carboxylic acid groups (broad SMARTS) is 1. The molecule has 1 unspecified atom stereocenters. The predicted molar refractivity (Wildman–Crippen MR) is 77.4 cm³/mol. The summed E-state index contributed by atoms with van der Waals surface area (Å²) in [6.07, 6.45) is -2.14. The zero-order valence-corrected chi connectivity index (χ0v) is 13.3. The van der Waals surface area contributed by atoms with Gasteiger partial charge in [0.2, 0.25) is 0 Å². The van der Waals surface area contributed by atoms with Crippen molar-refractivity contribution < 1.29 is 33.3 Å². The zero-order chi connectivity index (χ0) is 16.4. The third-order valence-corrected chi connectivity index (χ3v) is 3.33. The number of halogens is 3. The molecule has 0 heterocycles. The number of hydrogen-bond acceptors (Lipinski definition) is 4. The molecule has 0 aliphatic carbocycles. The Bertz CT molecular complexity index is 559. The lowest BCUT2D eigenvalue weighted by Gasteiger charge is -2.26. The van der Waals surface area contributed by atoms with Crippen LogP contribution in [0.5, 0.6) is 5.75 Å². The Hall–Kier alpha value is -1.45. The minimum absolute atomic E-state index is 0.297. The monoisotopic (exact) mass is 414 g/mol. The lowest BCUT2D eigenvalue weighted by atomic mass is 10.0. The summed E-state index contributed by atoms with van der Waals surface area (Å²) in [5, 5.41) is 18.1. The number of alkyl halides is 2. The molecule has 0 saturated heterocycles. The zero-order valence-electron chi connectivity index (χ0n) is 11.1. The van der Waals surface area contributed by atoms with Gasteiger partial charge in [-0.3, -0.25) is 0 Å². The number of ether oxygens (including phenoxy) is 1. The van der Waals surface area contributed by atoms with Gasteiger partial charge in [0.1, 0.15) is 11.3 Å². The van der Waals surface area contributed by atoms with E-state index in [0.29, 0.717) is 3.57 Å². The van der Waals surface area contributed by atoms with Crippen molar-refractivity contribution in [3.8, 4) is 5.75 Å². The third-order valence-electron chi connectivity index (χ3n) is 2.66. The highest BCUT2D eigenvalue weighted by Crippen LogP contribution is 2.30. The standard InChI is InChI=1S/C13H13F2IO5/c1-6(2)10(13(14,15)12(19)20)21-11(18)8-5-7(16)3-4-9(8)17/h3-6,10,17H,1-2H3,(H,19,20). The van der Waals surface area contributed by atoms with Gasteiger partial charge < -0.3 is 14.9 Å². The van der Waals surface area contributed by atoms with Crippen LogP contribution >= 0.6 is 22.6 Å². The van der Waals surface area contributed by atoms with Gasteiger partial charge in [-0.15, -0.1) is 0 Å². The first kappa shape index (κ1) is 17.6. The Kier molecular flexibility index (Phi) is 5.48. The Morgan fingerprint density at radius 2 is 1.90 bits per heavy atom. The number of carbonyl (C=O) groups is 2. The number of aromatic hydroxyl groups is 1. The third kappa shape index (κ3) is 4.02. The second kappa shape index (κ2) is 6.54. The van der Waals surface area contributed by atoms with E-state index in [1.165, 1.54) is 32.0 Å². The summed E-state index contributed by atoms with van der Waals surface area (Å²) in [6.45, 7) is 2.62. The van der Waals surface area contributed by atoms with Crippen LogP contribution in [-0.2, 0) is 9.53 Å². The van der Waals surface area contributed by atoms with Gasteiger partial charge in [-0.25, -0.2) is 9.59 Å². The number of phenolic OH excluding ortho intramolecular Hbond substituents is 1. The van der Waals surface area contributed by atoms with Gasteiger partial charge >= 0.3 is 17.9 Å². The molecule has 0 radical (unpaired) electrons. The number of esters is 1. The van der Waals surface area contributed by atoms with E-state index in [1.807, 2.05) is 22.6 Å². The van der Waals surface area contributed by atoms with E-state index in [9.17, 15) is 23.5 Å². The molecule has 0 aliphatic rings. The fourth-order valence-corrected chi connectivity index (χ4v) is 2.09. The van der Waals surface area contributed by atoms with Crippen molar-refractivity contribution >= 4 is 34.5 Å². The molecular weight excluding hydrogens is 401 g/mol. The number of benzene rings is 1. The highest BCUT2D eigenvalue weighted by molar-refractivity contribution is 14.1. The molecule has 1 aromatic carbocycles. The highest BCUT2D eigenvalue weighted by Gasteiger charge is 2.51. The van der Waals surface area contributed by atoms with Crippen molar-refractivity contribution in [2.45, 2.75) is 25.9 Å². The molecule has 5 nitrogen and oxygen atoms in total. The van der Waals surface area contributed by atoms with Crippen molar-refractivity contribution in [2.24, 2.45) is 5.92 Å². The van der Waals surface area contributed by atoms with E-state index in [-0.39, 0.29) is 5.56 Å². The van der Waals surface area contributed by atoms with Crippen LogP contribution < -0.4 is 0 Å². The summed E-state index contributed by atoms with van der Waals surface area (Å²) in [7, 11) is 0. The minimum atomic E-state index is -4.22. The molecule has 8 heteroatoms. The maximum atomic E-state index is 13.6. The summed E-state index contributed by atoms with van der Waals surface area (Å²) in [5.74, 6) is -9.15. The molecule has 0 fully saturated rings. The van der Waals surface area contributed by atoms with E-state index in [2.05, 4.69) is 4.74 Å². The van der Waals surface area contributed by atoms with Gasteiger partial charge in [0.25, 0.3) is 0 Å². The number of hydrogen-bond donors (Lipinski definition) is 2. The fourth-order valence-electron chi connectivity index (χ4n) is 1.60. The number of phenols is 1. The lowest BCUT2D eigenvalue weighted by Crippen LogP contribution is -2.47. The maximum Gasteiger partial charge on any atom is 0.378 e. The van der Waals surface area contributed by atoms with Crippen LogP contribution in [-0.4, -0.2) is 34.2 Å². The Morgan fingerprint density at radius 3 is 2.38 bits per heavy atom. The molecule has 2 N–H and O–H groups in total. The van der Waals surface area contributed by atoms with Crippen LogP contribution in [0.1, 0.15) is 24.2 Å². The molecule has 0 bridgehead atoms. The summed E-state index contributed by atoms with van der Waals surface area (Å²) >= 11 is 1.87. The first-order chi connectivity index (χ1) is 9.57. The lowest BCUT2D eigenvalue weighted by molar-refractivity contribution is -0.187. The van der Waals surface area contributed by atoms with Crippen LogP contribution in [0.3, 0.4) is 0 Å². The van der Waals surface area contributed by atoms with Gasteiger partial charge in [-0.1, -0.05) is 13.8 Å². The predicted octanol–water partition coefficient (Wildman–Crippen LogP) is 2.90. The SMILES string of the molecule is CC(C)C(OC(=O)c1cc(I)ccc1O)C(F)(F)C(=O)O. The number of aliphatic carboxylic acids is 1. The van der Waals surface area contributed by atoms with Gasteiger partial charge in [-0.2, -0.15) is 8.78 Å². The van der Waals surface area contributed by atoms with Crippen LogP contribution in [0.2, 0.25) is 0 Å². The Labute approximate surface area is 133 Å². The van der Waals surface area contributed by atoms with Crippen molar-refractivity contribution in [3.63, 3.8) is 0 Å². The minimum Gasteiger partial charge on any atom is -0.507 e. The molecule has 1 atom stereocenters. The summed E-state index contributed by atoms with van der Waals surface area (Å²) < 4.78 is 32.4. The van der Waals surface area contributed by atoms with Crippen LogP contribution in [0.4, 0.5) is 8.78 Å². The number of rotatable bonds is 5. The van der Waals surface area contributed by atoms with Crippen molar-refractivity contribution in [1.82, 2.24) is 0 Å². The molecule has 0 aliphatic heterocycles. The Balaban J connectivity index is 3.08. The van der Waals surface area contributed by atoms with E-state index >= 15 is 0 Å². The average Bonchev–Trinajstić information content (AvgIpc) is 2.37. The second-order valence-electron chi connectivity index (χ2n) is 4.66. The van der Waals surface area contributed by atoms with Gasteiger partial charge in [0.05, 0.1) is 0 Å². The molecule has 0 amide bonds. The quantitative estimate of drug-likeness (QED) is 0.572. The topological polar surface area (TPSA) is 83.8 Å². The van der Waals surface area contributed by atoms with E-state index in [1.54, 1.807) is 0 Å². The molecule has 21 heavy (non-hydrogen) atoms. The van der Waals surface area contributed by atoms with Gasteiger partial charge in [-0.05, 0) is 46.7 Å². The van der Waals surface area contributed by atoms with Crippen molar-refractivity contribution in [3.05, 3.63) is 27.3 Å². The fraction of sp³-hybridized carbons (Fsp3) is 0.385. The highest BCUT2D eigenvalue weighted by atomic mass is 127. The number of carbonyl (C=O) groups excluding carboxylic acids is 1. The summed E-state index contributed by atoms with van der Waals surface area (Å²) in [5.41, 5.74) is -0.297. The molecular formula is C13H13F2IO5. The van der Waals surface area contributed by atoms with Crippen LogP contribution in [0.15, 0.2) is 18.2 Å². The van der Waals surface area contributed by atoms with E-state index in [0.717, 1.165) is 0 Å². The molecule has 0 saturated carbocycles. The van der Waals surface area contributed by atoms with Crippen molar-refractivity contribution in [1.29, 1.82) is 0 Å². The first-order valence-electron chi connectivity index (χ1n) is 5.88. The second-order valence-corrected chi connectivity index (χ2v) is 5.91. The van der Waals surface area contributed by atoms with Crippen molar-refractivity contribution in [2.75, 3.05) is 0 Å². The molecule has 1 aromatic rings. The molecule has 1 rings (SSSR count).